The van der Waals surface area contributed by atoms with E-state index in [4.69, 9.17) is 0 Å². The molecule has 0 bridgehead atoms. The van der Waals surface area contributed by atoms with E-state index in [1.54, 1.807) is 0 Å². The van der Waals surface area contributed by atoms with Gasteiger partial charge in [0, 0.05) is 18.1 Å². The van der Waals surface area contributed by atoms with Crippen molar-refractivity contribution in [1.82, 2.24) is 14.9 Å². The molecule has 0 amide bonds. The number of hydrogen-bond donors (Lipinski definition) is 3. The van der Waals surface area contributed by atoms with Crippen LogP contribution in [0.2, 0.25) is 6.04 Å². The molecule has 0 rings (SSSR count). The van der Waals surface area contributed by atoms with E-state index in [1.165, 1.54) is 57.4 Å². The minimum Gasteiger partial charge on any atom is -0.310 e. The Balaban J connectivity index is 5.38. The molecule has 23 heavy (non-hydrogen) atoms. The lowest BCUT2D eigenvalue weighted by Crippen LogP contribution is -2.77. The fourth-order valence-corrected chi connectivity index (χ4v) is 8.19. The molecule has 0 aliphatic heterocycles. The van der Waals surface area contributed by atoms with Crippen molar-refractivity contribution in [2.24, 2.45) is 0 Å². The Labute approximate surface area is 148 Å². The van der Waals surface area contributed by atoms with Crippen molar-refractivity contribution in [2.45, 2.75) is 124 Å². The van der Waals surface area contributed by atoms with Crippen molar-refractivity contribution < 1.29 is 0 Å². The second-order valence-electron chi connectivity index (χ2n) is 6.98. The van der Waals surface area contributed by atoms with E-state index in [0.717, 1.165) is 0 Å². The standard InChI is InChI=1S/C19H45N3Si/c1-8-15-16-23(20-17(9-2)10-3,21-18(11-4)12-5)22-19(13-6)14-7/h17-22H,8-16H2,1-7H3. The highest BCUT2D eigenvalue weighted by atomic mass is 28.4. The second kappa shape index (κ2) is 13.4. The van der Waals surface area contributed by atoms with Gasteiger partial charge in [-0.2, -0.15) is 0 Å². The zero-order chi connectivity index (χ0) is 17.7. The van der Waals surface area contributed by atoms with Crippen LogP contribution in [0.4, 0.5) is 0 Å². The molecule has 0 aromatic carbocycles. The van der Waals surface area contributed by atoms with Gasteiger partial charge in [0.05, 0.1) is 0 Å². The smallest absolute Gasteiger partial charge is 0.282 e. The molecule has 0 aromatic heterocycles. The second-order valence-corrected chi connectivity index (χ2v) is 10.2. The summed E-state index contributed by atoms with van der Waals surface area (Å²) in [4.78, 5) is 12.4. The summed E-state index contributed by atoms with van der Waals surface area (Å²) in [6, 6.07) is 3.17. The Morgan fingerprint density at radius 3 is 1.09 bits per heavy atom. The normalized spacial score (nSPS) is 12.8. The van der Waals surface area contributed by atoms with Gasteiger partial charge in [-0.1, -0.05) is 61.3 Å². The molecule has 0 atom stereocenters. The maximum atomic E-state index is 4.12. The zero-order valence-corrected chi connectivity index (χ0v) is 18.1. The highest BCUT2D eigenvalue weighted by Gasteiger charge is 2.38. The number of nitrogens with one attached hydrogen (secondary N) is 3. The molecule has 3 nitrogen and oxygen atoms in total. The lowest BCUT2D eigenvalue weighted by Gasteiger charge is -2.42. The first-order valence-corrected chi connectivity index (χ1v) is 12.6. The number of hydrogen-bond acceptors (Lipinski definition) is 3. The summed E-state index contributed by atoms with van der Waals surface area (Å²) in [5, 5.41) is 0. The molecule has 0 spiro atoms. The third kappa shape index (κ3) is 8.66. The highest BCUT2D eigenvalue weighted by molar-refractivity contribution is 6.72. The van der Waals surface area contributed by atoms with E-state index in [9.17, 15) is 0 Å². The van der Waals surface area contributed by atoms with Crippen molar-refractivity contribution >= 4 is 8.56 Å². The fraction of sp³-hybridized carbons (Fsp3) is 1.00. The first kappa shape index (κ1) is 23.1. The zero-order valence-electron chi connectivity index (χ0n) is 17.1. The van der Waals surface area contributed by atoms with E-state index in [2.05, 4.69) is 63.4 Å². The average Bonchev–Trinajstić information content (AvgIpc) is 2.60. The third-order valence-corrected chi connectivity index (χ3v) is 9.02. The van der Waals surface area contributed by atoms with Gasteiger partial charge < -0.3 is 14.9 Å². The summed E-state index contributed by atoms with van der Waals surface area (Å²) in [5.74, 6) is 0. The van der Waals surface area contributed by atoms with E-state index < -0.39 is 8.56 Å². The molecule has 0 aliphatic carbocycles. The monoisotopic (exact) mass is 343 g/mol. The maximum absolute atomic E-state index is 4.12. The van der Waals surface area contributed by atoms with E-state index >= 15 is 0 Å². The van der Waals surface area contributed by atoms with Crippen LogP contribution in [-0.4, -0.2) is 26.7 Å². The quantitative estimate of drug-likeness (QED) is 0.364. The van der Waals surface area contributed by atoms with E-state index in [0.29, 0.717) is 18.1 Å². The molecule has 0 saturated carbocycles. The van der Waals surface area contributed by atoms with Crippen LogP contribution in [0.25, 0.3) is 0 Å². The predicted octanol–water partition coefficient (Wildman–Crippen LogP) is 5.06. The Morgan fingerprint density at radius 1 is 0.565 bits per heavy atom. The summed E-state index contributed by atoms with van der Waals surface area (Å²) >= 11 is 0. The average molecular weight is 344 g/mol. The summed E-state index contributed by atoms with van der Waals surface area (Å²) in [5.41, 5.74) is 0. The van der Waals surface area contributed by atoms with Crippen molar-refractivity contribution in [3.63, 3.8) is 0 Å². The van der Waals surface area contributed by atoms with Gasteiger partial charge in [-0.15, -0.1) is 0 Å². The first-order valence-electron chi connectivity index (χ1n) is 10.4. The van der Waals surface area contributed by atoms with Gasteiger partial charge in [0.15, 0.2) is 0 Å². The molecule has 0 saturated heterocycles. The molecule has 140 valence electrons. The largest absolute Gasteiger partial charge is 0.310 e. The summed E-state index contributed by atoms with van der Waals surface area (Å²) < 4.78 is 0. The number of rotatable bonds is 15. The van der Waals surface area contributed by atoms with E-state index in [-0.39, 0.29) is 0 Å². The molecule has 3 N–H and O–H groups in total. The molecule has 0 fully saturated rings. The molecule has 0 aromatic rings. The van der Waals surface area contributed by atoms with Crippen LogP contribution >= 0.6 is 0 Å². The molecule has 4 heteroatoms. The van der Waals surface area contributed by atoms with Gasteiger partial charge in [-0.05, 0) is 44.6 Å². The topological polar surface area (TPSA) is 36.1 Å². The Hall–Kier alpha value is 0.0969. The summed E-state index contributed by atoms with van der Waals surface area (Å²) in [7, 11) is -1.88. The Bertz CT molecular complexity index is 225. The van der Waals surface area contributed by atoms with Gasteiger partial charge in [0.25, 0.3) is 8.56 Å². The predicted molar refractivity (Wildman–Crippen MR) is 108 cm³/mol. The molecular formula is C19H45N3Si. The minimum absolute atomic E-state index is 0.627. The molecule has 0 aliphatic rings. The van der Waals surface area contributed by atoms with Gasteiger partial charge in [-0.3, -0.25) is 0 Å². The highest BCUT2D eigenvalue weighted by Crippen LogP contribution is 2.15. The van der Waals surface area contributed by atoms with Crippen molar-refractivity contribution in [2.75, 3.05) is 0 Å². The minimum atomic E-state index is -1.88. The van der Waals surface area contributed by atoms with Gasteiger partial charge in [0.1, 0.15) is 0 Å². The molecular weight excluding hydrogens is 298 g/mol. The Kier molecular flexibility index (Phi) is 13.5. The molecule has 0 radical (unpaired) electrons. The van der Waals surface area contributed by atoms with Crippen molar-refractivity contribution in [3.8, 4) is 0 Å². The summed E-state index contributed by atoms with van der Waals surface area (Å²) in [6.07, 6.45) is 9.87. The SMILES string of the molecule is CCCC[Si](NC(CC)CC)(NC(CC)CC)NC(CC)CC. The molecule has 0 unspecified atom stereocenters. The van der Waals surface area contributed by atoms with Crippen LogP contribution in [-0.2, 0) is 0 Å². The van der Waals surface area contributed by atoms with Crippen LogP contribution < -0.4 is 14.9 Å². The number of unbranched alkanes of at least 4 members (excludes halogenated alkanes) is 1. The van der Waals surface area contributed by atoms with Crippen LogP contribution in [0.15, 0.2) is 0 Å². The van der Waals surface area contributed by atoms with Crippen LogP contribution in [0.3, 0.4) is 0 Å². The maximum Gasteiger partial charge on any atom is 0.282 e. The van der Waals surface area contributed by atoms with Gasteiger partial charge in [-0.25, -0.2) is 0 Å². The Morgan fingerprint density at radius 2 is 0.870 bits per heavy atom. The van der Waals surface area contributed by atoms with Crippen LogP contribution in [0.5, 0.6) is 0 Å². The lowest BCUT2D eigenvalue weighted by molar-refractivity contribution is 0.476. The van der Waals surface area contributed by atoms with Crippen LogP contribution in [0.1, 0.15) is 99.8 Å². The van der Waals surface area contributed by atoms with Gasteiger partial charge >= 0.3 is 0 Å². The van der Waals surface area contributed by atoms with Crippen LogP contribution in [0, 0.1) is 0 Å². The molecule has 0 heterocycles. The third-order valence-electron chi connectivity index (χ3n) is 5.21. The van der Waals surface area contributed by atoms with E-state index in [1.807, 2.05) is 0 Å². The van der Waals surface area contributed by atoms with Crippen molar-refractivity contribution in [3.05, 3.63) is 0 Å². The lowest BCUT2D eigenvalue weighted by atomic mass is 10.2. The van der Waals surface area contributed by atoms with Gasteiger partial charge in [0.2, 0.25) is 0 Å². The summed E-state index contributed by atoms with van der Waals surface area (Å²) in [6.45, 7) is 16.2. The first-order chi connectivity index (χ1) is 11.0. The van der Waals surface area contributed by atoms with Crippen molar-refractivity contribution in [1.29, 1.82) is 0 Å². The fourth-order valence-electron chi connectivity index (χ4n) is 3.31.